The first-order chi connectivity index (χ1) is 10.4. The highest BCUT2D eigenvalue weighted by molar-refractivity contribution is 6.31. The molecular formula is C15H19Cl2FN2O3. The van der Waals surface area contributed by atoms with Gasteiger partial charge in [0.2, 0.25) is 5.91 Å². The number of hydrogen-bond donors (Lipinski definition) is 1. The standard InChI is InChI=1S/C15H18ClFN2O3.ClH/c1-18(8-10-11(16)4-2-5-12(10)17)14(20)9-19-7-3-6-13(19)15(21)22;/h2,4-5,13H,3,6-9H2,1H3,(H,21,22);1H. The van der Waals surface area contributed by atoms with E-state index in [1.54, 1.807) is 18.0 Å². The fraction of sp³-hybridized carbons (Fsp3) is 0.467. The maximum absolute atomic E-state index is 13.7. The Hall–Kier alpha value is -1.37. The van der Waals surface area contributed by atoms with E-state index >= 15 is 0 Å². The second-order valence-corrected chi connectivity index (χ2v) is 5.82. The van der Waals surface area contributed by atoms with Gasteiger partial charge < -0.3 is 10.0 Å². The van der Waals surface area contributed by atoms with Crippen molar-refractivity contribution >= 4 is 35.9 Å². The Kier molecular flexibility index (Phi) is 7.25. The fourth-order valence-electron chi connectivity index (χ4n) is 2.60. The van der Waals surface area contributed by atoms with Gasteiger partial charge in [-0.15, -0.1) is 12.4 Å². The van der Waals surface area contributed by atoms with Crippen LogP contribution in [0.5, 0.6) is 0 Å². The van der Waals surface area contributed by atoms with E-state index in [0.29, 0.717) is 13.0 Å². The van der Waals surface area contributed by atoms with Crippen LogP contribution in [0.3, 0.4) is 0 Å². The van der Waals surface area contributed by atoms with Crippen LogP contribution >= 0.6 is 24.0 Å². The van der Waals surface area contributed by atoms with E-state index in [1.165, 1.54) is 17.0 Å². The molecule has 2 rings (SSSR count). The van der Waals surface area contributed by atoms with Gasteiger partial charge in [-0.1, -0.05) is 17.7 Å². The van der Waals surface area contributed by atoms with Crippen molar-refractivity contribution < 1.29 is 19.1 Å². The van der Waals surface area contributed by atoms with Crippen LogP contribution < -0.4 is 0 Å². The summed E-state index contributed by atoms with van der Waals surface area (Å²) in [6.45, 7) is 0.645. The van der Waals surface area contributed by atoms with Gasteiger partial charge in [-0.3, -0.25) is 14.5 Å². The van der Waals surface area contributed by atoms with Crippen molar-refractivity contribution in [3.63, 3.8) is 0 Å². The van der Waals surface area contributed by atoms with Gasteiger partial charge in [0, 0.05) is 24.2 Å². The SMILES string of the molecule is CN(Cc1c(F)cccc1Cl)C(=O)CN1CCCC1C(=O)O.Cl. The van der Waals surface area contributed by atoms with Crippen molar-refractivity contribution in [3.8, 4) is 0 Å². The molecule has 1 N–H and O–H groups in total. The van der Waals surface area contributed by atoms with Crippen molar-refractivity contribution in [3.05, 3.63) is 34.6 Å². The van der Waals surface area contributed by atoms with Crippen LogP contribution in [0.15, 0.2) is 18.2 Å². The lowest BCUT2D eigenvalue weighted by Crippen LogP contribution is -2.43. The Morgan fingerprint density at radius 1 is 1.48 bits per heavy atom. The van der Waals surface area contributed by atoms with Gasteiger partial charge in [0.15, 0.2) is 0 Å². The number of rotatable bonds is 5. The molecule has 1 saturated heterocycles. The average molecular weight is 365 g/mol. The summed E-state index contributed by atoms with van der Waals surface area (Å²) < 4.78 is 13.7. The highest BCUT2D eigenvalue weighted by Gasteiger charge is 2.32. The first kappa shape index (κ1) is 19.7. The van der Waals surface area contributed by atoms with Gasteiger partial charge in [0.05, 0.1) is 6.54 Å². The van der Waals surface area contributed by atoms with Crippen LogP contribution in [-0.2, 0) is 16.1 Å². The number of aliphatic carboxylic acids is 1. The fourth-order valence-corrected chi connectivity index (χ4v) is 2.82. The molecule has 1 aliphatic heterocycles. The highest BCUT2D eigenvalue weighted by atomic mass is 35.5. The number of hydrogen-bond acceptors (Lipinski definition) is 3. The zero-order valence-electron chi connectivity index (χ0n) is 12.7. The summed E-state index contributed by atoms with van der Waals surface area (Å²) in [5.74, 6) is -1.63. The third kappa shape index (κ3) is 4.80. The quantitative estimate of drug-likeness (QED) is 0.871. The Morgan fingerprint density at radius 2 is 2.17 bits per heavy atom. The minimum absolute atomic E-state index is 0. The minimum Gasteiger partial charge on any atom is -0.480 e. The maximum atomic E-state index is 13.7. The van der Waals surface area contributed by atoms with Crippen LogP contribution in [0, 0.1) is 5.82 Å². The Bertz CT molecular complexity index is 566. The molecule has 0 bridgehead atoms. The molecular weight excluding hydrogens is 346 g/mol. The number of carbonyl (C=O) groups excluding carboxylic acids is 1. The summed E-state index contributed by atoms with van der Waals surface area (Å²) >= 11 is 5.95. The van der Waals surface area contributed by atoms with E-state index in [2.05, 4.69) is 0 Å². The zero-order valence-corrected chi connectivity index (χ0v) is 14.2. The monoisotopic (exact) mass is 364 g/mol. The molecule has 1 heterocycles. The van der Waals surface area contributed by atoms with Crippen LogP contribution in [0.1, 0.15) is 18.4 Å². The normalized spacial score (nSPS) is 17.6. The lowest BCUT2D eigenvalue weighted by molar-refractivity contribution is -0.143. The predicted molar refractivity (Wildman–Crippen MR) is 87.4 cm³/mol. The van der Waals surface area contributed by atoms with Crippen molar-refractivity contribution in [1.29, 1.82) is 0 Å². The van der Waals surface area contributed by atoms with Gasteiger partial charge in [0.1, 0.15) is 11.9 Å². The lowest BCUT2D eigenvalue weighted by atomic mass is 10.2. The van der Waals surface area contributed by atoms with Gasteiger partial charge >= 0.3 is 5.97 Å². The maximum Gasteiger partial charge on any atom is 0.320 e. The Balaban J connectivity index is 0.00000264. The number of carbonyl (C=O) groups is 2. The van der Waals surface area contributed by atoms with E-state index in [0.717, 1.165) is 6.42 Å². The second kappa shape index (κ2) is 8.47. The highest BCUT2D eigenvalue weighted by Crippen LogP contribution is 2.21. The van der Waals surface area contributed by atoms with Gasteiger partial charge in [-0.25, -0.2) is 4.39 Å². The molecule has 1 aromatic rings. The molecule has 1 fully saturated rings. The Labute approximate surface area is 145 Å². The summed E-state index contributed by atoms with van der Waals surface area (Å²) in [4.78, 5) is 26.3. The van der Waals surface area contributed by atoms with Gasteiger partial charge in [-0.2, -0.15) is 0 Å². The summed E-state index contributed by atoms with van der Waals surface area (Å²) in [7, 11) is 1.55. The van der Waals surface area contributed by atoms with Crippen molar-refractivity contribution in [2.75, 3.05) is 20.1 Å². The molecule has 0 spiro atoms. The van der Waals surface area contributed by atoms with Crippen LogP contribution in [0.2, 0.25) is 5.02 Å². The molecule has 8 heteroatoms. The smallest absolute Gasteiger partial charge is 0.320 e. The molecule has 0 aromatic heterocycles. The molecule has 1 amide bonds. The molecule has 0 radical (unpaired) electrons. The molecule has 1 unspecified atom stereocenters. The predicted octanol–water partition coefficient (Wildman–Crippen LogP) is 2.41. The van der Waals surface area contributed by atoms with Gasteiger partial charge in [-0.05, 0) is 31.5 Å². The number of nitrogens with zero attached hydrogens (tertiary/aromatic N) is 2. The first-order valence-electron chi connectivity index (χ1n) is 7.04. The lowest BCUT2D eigenvalue weighted by Gasteiger charge is -2.24. The molecule has 1 aliphatic rings. The third-order valence-corrected chi connectivity index (χ3v) is 4.22. The van der Waals surface area contributed by atoms with Crippen molar-refractivity contribution in [2.45, 2.75) is 25.4 Å². The zero-order chi connectivity index (χ0) is 16.3. The number of amides is 1. The van der Waals surface area contributed by atoms with E-state index in [4.69, 9.17) is 16.7 Å². The molecule has 1 aromatic carbocycles. The van der Waals surface area contributed by atoms with Crippen LogP contribution in [0.25, 0.3) is 0 Å². The van der Waals surface area contributed by atoms with E-state index in [-0.39, 0.29) is 42.0 Å². The summed E-state index contributed by atoms with van der Waals surface area (Å²) in [6, 6.07) is 3.75. The van der Waals surface area contributed by atoms with E-state index in [9.17, 15) is 14.0 Å². The summed E-state index contributed by atoms with van der Waals surface area (Å²) in [5.41, 5.74) is 0.260. The summed E-state index contributed by atoms with van der Waals surface area (Å²) in [5, 5.41) is 9.38. The van der Waals surface area contributed by atoms with Crippen molar-refractivity contribution in [1.82, 2.24) is 9.80 Å². The first-order valence-corrected chi connectivity index (χ1v) is 7.41. The summed E-state index contributed by atoms with van der Waals surface area (Å²) in [6.07, 6.45) is 1.30. The van der Waals surface area contributed by atoms with Crippen LogP contribution in [-0.4, -0.2) is 53.0 Å². The number of benzene rings is 1. The number of likely N-dealkylation sites (N-methyl/N-ethyl adjacent to an activating group) is 1. The Morgan fingerprint density at radius 3 is 2.78 bits per heavy atom. The van der Waals surface area contributed by atoms with E-state index in [1.807, 2.05) is 0 Å². The van der Waals surface area contributed by atoms with Crippen LogP contribution in [0.4, 0.5) is 4.39 Å². The molecule has 1 atom stereocenters. The molecule has 128 valence electrons. The van der Waals surface area contributed by atoms with E-state index < -0.39 is 17.8 Å². The molecule has 23 heavy (non-hydrogen) atoms. The largest absolute Gasteiger partial charge is 0.480 e. The number of carboxylic acid groups (broad SMARTS) is 1. The topological polar surface area (TPSA) is 60.9 Å². The van der Waals surface area contributed by atoms with Gasteiger partial charge in [0.25, 0.3) is 0 Å². The molecule has 5 nitrogen and oxygen atoms in total. The molecule has 0 aliphatic carbocycles. The number of halogens is 3. The number of likely N-dealkylation sites (tertiary alicyclic amines) is 1. The third-order valence-electron chi connectivity index (χ3n) is 3.87. The minimum atomic E-state index is -0.912. The molecule has 0 saturated carbocycles. The second-order valence-electron chi connectivity index (χ2n) is 5.42. The number of carboxylic acids is 1. The van der Waals surface area contributed by atoms with Crippen molar-refractivity contribution in [2.24, 2.45) is 0 Å². The average Bonchev–Trinajstić information content (AvgIpc) is 2.91.